The van der Waals surface area contributed by atoms with E-state index in [1.807, 2.05) is 12.1 Å². The first-order valence-corrected chi connectivity index (χ1v) is 11.9. The van der Waals surface area contributed by atoms with Gasteiger partial charge in [-0.2, -0.15) is 5.26 Å². The maximum absolute atomic E-state index is 16.0. The number of alkyl halides is 1. The fourth-order valence-corrected chi connectivity index (χ4v) is 5.31. The van der Waals surface area contributed by atoms with Crippen molar-refractivity contribution in [3.8, 4) is 11.8 Å². The second kappa shape index (κ2) is 9.59. The number of halogens is 1. The molecule has 30 heavy (non-hydrogen) atoms. The van der Waals surface area contributed by atoms with Crippen molar-refractivity contribution >= 4 is 10.0 Å². The Morgan fingerprint density at radius 2 is 1.93 bits per heavy atom. The molecule has 0 spiro atoms. The number of hydrogen-bond donors (Lipinski definition) is 1. The third-order valence-electron chi connectivity index (χ3n) is 5.50. The van der Waals surface area contributed by atoms with Crippen molar-refractivity contribution in [2.75, 3.05) is 5.75 Å². The number of nitriles is 1. The lowest BCUT2D eigenvalue weighted by atomic mass is 9.77. The number of ether oxygens (including phenoxy) is 1. The number of benzene rings is 2. The maximum Gasteiger partial charge on any atom is 0.211 e. The summed E-state index contributed by atoms with van der Waals surface area (Å²) in [4.78, 5) is 0. The number of nitrogens with one attached hydrogen (secondary N) is 1. The van der Waals surface area contributed by atoms with Crippen LogP contribution in [0.1, 0.15) is 55.7 Å². The Kier molecular flexibility index (Phi) is 7.11. The van der Waals surface area contributed by atoms with E-state index < -0.39 is 21.7 Å². The highest BCUT2D eigenvalue weighted by Gasteiger charge is 2.44. The SMILES string of the molecule is CCCS(=O)(=O)NC1CCCCC1(F)c1ccc(OCc2ccccc2C#N)cc1. The highest BCUT2D eigenvalue weighted by molar-refractivity contribution is 7.89. The van der Waals surface area contributed by atoms with Gasteiger partial charge in [0.05, 0.1) is 23.4 Å². The van der Waals surface area contributed by atoms with Gasteiger partial charge >= 0.3 is 0 Å². The fraction of sp³-hybridized carbons (Fsp3) is 0.435. The third-order valence-corrected chi connectivity index (χ3v) is 7.09. The molecule has 2 atom stereocenters. The van der Waals surface area contributed by atoms with Crippen molar-refractivity contribution in [1.29, 1.82) is 5.26 Å². The molecule has 5 nitrogen and oxygen atoms in total. The maximum atomic E-state index is 16.0. The Balaban J connectivity index is 1.74. The van der Waals surface area contributed by atoms with Gasteiger partial charge in [0, 0.05) is 5.56 Å². The molecule has 0 saturated heterocycles. The minimum absolute atomic E-state index is 0.00344. The van der Waals surface area contributed by atoms with Crippen LogP contribution >= 0.6 is 0 Å². The van der Waals surface area contributed by atoms with E-state index in [1.165, 1.54) is 0 Å². The van der Waals surface area contributed by atoms with E-state index in [9.17, 15) is 8.42 Å². The molecule has 2 aromatic carbocycles. The normalized spacial score (nSPS) is 21.7. The summed E-state index contributed by atoms with van der Waals surface area (Å²) in [5.74, 6) is 0.560. The second-order valence-corrected chi connectivity index (χ2v) is 9.55. The number of hydrogen-bond acceptors (Lipinski definition) is 4. The lowest BCUT2D eigenvalue weighted by Crippen LogP contribution is -2.50. The fourth-order valence-electron chi connectivity index (χ4n) is 3.92. The first-order valence-electron chi connectivity index (χ1n) is 10.3. The summed E-state index contributed by atoms with van der Waals surface area (Å²) in [7, 11) is -3.51. The van der Waals surface area contributed by atoms with E-state index >= 15 is 4.39 Å². The van der Waals surface area contributed by atoms with Crippen LogP contribution in [0.25, 0.3) is 0 Å². The molecule has 1 aliphatic carbocycles. The molecule has 0 radical (unpaired) electrons. The quantitative estimate of drug-likeness (QED) is 0.665. The summed E-state index contributed by atoms with van der Waals surface area (Å²) >= 11 is 0. The Morgan fingerprint density at radius 1 is 1.20 bits per heavy atom. The van der Waals surface area contributed by atoms with E-state index in [0.29, 0.717) is 36.1 Å². The first-order chi connectivity index (χ1) is 14.4. The highest BCUT2D eigenvalue weighted by Crippen LogP contribution is 2.41. The van der Waals surface area contributed by atoms with Crippen molar-refractivity contribution in [3.05, 3.63) is 65.2 Å². The lowest BCUT2D eigenvalue weighted by molar-refractivity contribution is 0.0712. The van der Waals surface area contributed by atoms with Crippen LogP contribution in [-0.4, -0.2) is 20.2 Å². The Hall–Kier alpha value is -2.43. The van der Waals surface area contributed by atoms with Crippen LogP contribution in [0.5, 0.6) is 5.75 Å². The summed E-state index contributed by atoms with van der Waals surface area (Å²) < 4.78 is 48.8. The molecule has 1 saturated carbocycles. The summed E-state index contributed by atoms with van der Waals surface area (Å²) in [5, 5.41) is 9.17. The van der Waals surface area contributed by atoms with Crippen LogP contribution in [0, 0.1) is 11.3 Å². The smallest absolute Gasteiger partial charge is 0.211 e. The van der Waals surface area contributed by atoms with Crippen LogP contribution in [0.4, 0.5) is 4.39 Å². The van der Waals surface area contributed by atoms with Gasteiger partial charge in [0.1, 0.15) is 12.4 Å². The van der Waals surface area contributed by atoms with E-state index in [2.05, 4.69) is 10.8 Å². The summed E-state index contributed by atoms with van der Waals surface area (Å²) in [5.41, 5.74) is 0.0477. The zero-order valence-corrected chi connectivity index (χ0v) is 17.9. The molecule has 1 N–H and O–H groups in total. The Morgan fingerprint density at radius 3 is 2.63 bits per heavy atom. The van der Waals surface area contributed by atoms with Gasteiger partial charge < -0.3 is 4.74 Å². The van der Waals surface area contributed by atoms with Gasteiger partial charge in [0.2, 0.25) is 10.0 Å². The molecule has 1 fully saturated rings. The topological polar surface area (TPSA) is 79.2 Å². The zero-order valence-electron chi connectivity index (χ0n) is 17.1. The van der Waals surface area contributed by atoms with Gasteiger partial charge in [-0.05, 0) is 49.4 Å². The number of rotatable bonds is 8. The molecule has 0 aromatic heterocycles. The van der Waals surface area contributed by atoms with Gasteiger partial charge in [0.25, 0.3) is 0 Å². The highest BCUT2D eigenvalue weighted by atomic mass is 32.2. The third kappa shape index (κ3) is 5.18. The van der Waals surface area contributed by atoms with Gasteiger partial charge in [-0.15, -0.1) is 0 Å². The standard InChI is InChI=1S/C23H27FN2O3S/c1-2-15-30(27,28)26-22-9-5-6-14-23(22,24)20-10-12-21(13-11-20)29-17-19-8-4-3-7-18(19)16-25/h3-4,7-8,10-13,22,26H,2,5-6,9,14-15,17H2,1H3. The van der Waals surface area contributed by atoms with Gasteiger partial charge in [-0.3, -0.25) is 0 Å². The predicted molar refractivity (Wildman–Crippen MR) is 114 cm³/mol. The van der Waals surface area contributed by atoms with Gasteiger partial charge in [-0.25, -0.2) is 17.5 Å². The van der Waals surface area contributed by atoms with Crippen molar-refractivity contribution in [2.45, 2.75) is 57.3 Å². The Bertz CT molecular complexity index is 1000. The second-order valence-electron chi connectivity index (χ2n) is 7.68. The van der Waals surface area contributed by atoms with Gasteiger partial charge in [-0.1, -0.05) is 43.7 Å². The molecule has 3 rings (SSSR count). The van der Waals surface area contributed by atoms with Crippen LogP contribution in [0.2, 0.25) is 0 Å². The molecule has 7 heteroatoms. The minimum Gasteiger partial charge on any atom is -0.489 e. The molecule has 0 bridgehead atoms. The zero-order chi connectivity index (χ0) is 21.6. The van der Waals surface area contributed by atoms with Crippen molar-refractivity contribution < 1.29 is 17.5 Å². The largest absolute Gasteiger partial charge is 0.489 e. The first kappa shape index (κ1) is 22.3. The average Bonchev–Trinajstić information content (AvgIpc) is 2.74. The molecule has 0 aliphatic heterocycles. The Labute approximate surface area is 177 Å². The van der Waals surface area contributed by atoms with Crippen molar-refractivity contribution in [1.82, 2.24) is 4.72 Å². The lowest BCUT2D eigenvalue weighted by Gasteiger charge is -2.38. The minimum atomic E-state index is -3.51. The van der Waals surface area contributed by atoms with E-state index in [1.54, 1.807) is 43.3 Å². The molecular formula is C23H27FN2O3S. The molecule has 0 heterocycles. The summed E-state index contributed by atoms with van der Waals surface area (Å²) in [6, 6.07) is 15.3. The van der Waals surface area contributed by atoms with Crippen LogP contribution in [0.15, 0.2) is 48.5 Å². The molecule has 2 aromatic rings. The summed E-state index contributed by atoms with van der Waals surface area (Å²) in [6.45, 7) is 2.03. The predicted octanol–water partition coefficient (Wildman–Crippen LogP) is 4.57. The van der Waals surface area contributed by atoms with Crippen LogP contribution < -0.4 is 9.46 Å². The molecule has 1 aliphatic rings. The monoisotopic (exact) mass is 430 g/mol. The van der Waals surface area contributed by atoms with E-state index in [4.69, 9.17) is 10.00 Å². The average molecular weight is 431 g/mol. The van der Waals surface area contributed by atoms with E-state index in [0.717, 1.165) is 12.0 Å². The molecule has 0 amide bonds. The molecular weight excluding hydrogens is 403 g/mol. The van der Waals surface area contributed by atoms with Gasteiger partial charge in [0.15, 0.2) is 5.67 Å². The summed E-state index contributed by atoms with van der Waals surface area (Å²) in [6.07, 6.45) is 2.75. The van der Waals surface area contributed by atoms with Crippen LogP contribution in [0.3, 0.4) is 0 Å². The van der Waals surface area contributed by atoms with Crippen LogP contribution in [-0.2, 0) is 22.3 Å². The molecule has 160 valence electrons. The number of nitrogens with zero attached hydrogens (tertiary/aromatic N) is 1. The van der Waals surface area contributed by atoms with Crippen molar-refractivity contribution in [3.63, 3.8) is 0 Å². The van der Waals surface area contributed by atoms with Crippen molar-refractivity contribution in [2.24, 2.45) is 0 Å². The molecule has 2 unspecified atom stereocenters. The number of sulfonamides is 1. The van der Waals surface area contributed by atoms with E-state index in [-0.39, 0.29) is 18.8 Å².